The quantitative estimate of drug-likeness (QED) is 0.458. The molecule has 0 saturated carbocycles. The van der Waals surface area contributed by atoms with Crippen LogP contribution in [0.4, 0.5) is 0 Å². The topological polar surface area (TPSA) is 43.5 Å². The van der Waals surface area contributed by atoms with E-state index >= 15 is 0 Å². The van der Waals surface area contributed by atoms with Crippen molar-refractivity contribution in [2.24, 2.45) is 0 Å². The zero-order valence-corrected chi connectivity index (χ0v) is 10.0. The van der Waals surface area contributed by atoms with E-state index in [0.717, 1.165) is 0 Å². The molecular formula is C11H12N2O2S. The van der Waals surface area contributed by atoms with Crippen molar-refractivity contribution in [3.05, 3.63) is 33.7 Å². The van der Waals surface area contributed by atoms with Crippen LogP contribution in [0.2, 0.25) is 0 Å². The van der Waals surface area contributed by atoms with Gasteiger partial charge in [-0.1, -0.05) is 6.92 Å². The summed E-state index contributed by atoms with van der Waals surface area (Å²) in [5.41, 5.74) is 0.697. The molecule has 0 spiro atoms. The summed E-state index contributed by atoms with van der Waals surface area (Å²) in [6.07, 6.45) is 2.24. The number of allylic oxidation sites excluding steroid dienone is 1. The van der Waals surface area contributed by atoms with Gasteiger partial charge in [0.15, 0.2) is 0 Å². The van der Waals surface area contributed by atoms with E-state index in [-0.39, 0.29) is 12.3 Å². The molecule has 1 aromatic rings. The van der Waals surface area contributed by atoms with Gasteiger partial charge in [-0.2, -0.15) is 0 Å². The first-order chi connectivity index (χ1) is 7.74. The molecule has 84 valence electrons. The number of nitrogens with zero attached hydrogens (tertiary/aromatic N) is 2. The van der Waals surface area contributed by atoms with Crippen LogP contribution in [0.25, 0.3) is 10.4 Å². The summed E-state index contributed by atoms with van der Waals surface area (Å²) in [4.78, 5) is 18.9. The Kier molecular flexibility index (Phi) is 4.67. The Morgan fingerprint density at radius 2 is 2.38 bits per heavy atom. The van der Waals surface area contributed by atoms with Crippen LogP contribution in [-0.2, 0) is 9.53 Å². The van der Waals surface area contributed by atoms with E-state index in [0.29, 0.717) is 17.0 Å². The molecule has 4 nitrogen and oxygen atoms in total. The van der Waals surface area contributed by atoms with Gasteiger partial charge < -0.3 is 4.74 Å². The standard InChI is InChI=1S/C11H12N2O2S/c1-4-8(10-13-6-7-16-10)9(12-3)11(14)15-5-2/h6-7H,4-5H2,1-2H3. The molecule has 1 aromatic heterocycles. The molecule has 0 radical (unpaired) electrons. The average Bonchev–Trinajstić information content (AvgIpc) is 2.79. The van der Waals surface area contributed by atoms with Gasteiger partial charge in [0, 0.05) is 17.2 Å². The van der Waals surface area contributed by atoms with E-state index in [2.05, 4.69) is 9.83 Å². The zero-order chi connectivity index (χ0) is 12.0. The Morgan fingerprint density at radius 3 is 2.81 bits per heavy atom. The Hall–Kier alpha value is -1.67. The van der Waals surface area contributed by atoms with Crippen molar-refractivity contribution in [1.82, 2.24) is 4.98 Å². The van der Waals surface area contributed by atoms with Gasteiger partial charge in [0.2, 0.25) is 0 Å². The fraction of sp³-hybridized carbons (Fsp3) is 0.364. The third kappa shape index (κ3) is 2.67. The highest BCUT2D eigenvalue weighted by Gasteiger charge is 2.18. The maximum Gasteiger partial charge on any atom is 0.336 e. The fourth-order valence-electron chi connectivity index (χ4n) is 1.23. The van der Waals surface area contributed by atoms with Crippen LogP contribution in [0.15, 0.2) is 17.3 Å². The van der Waals surface area contributed by atoms with Crippen LogP contribution in [0.1, 0.15) is 25.3 Å². The molecule has 0 bridgehead atoms. The summed E-state index contributed by atoms with van der Waals surface area (Å²) in [6.45, 7) is 10.9. The van der Waals surface area contributed by atoms with E-state index < -0.39 is 5.97 Å². The third-order valence-electron chi connectivity index (χ3n) is 1.91. The van der Waals surface area contributed by atoms with Gasteiger partial charge in [0.1, 0.15) is 5.01 Å². The molecule has 0 saturated heterocycles. The van der Waals surface area contributed by atoms with Gasteiger partial charge in [-0.05, 0) is 13.3 Å². The second-order valence-electron chi connectivity index (χ2n) is 2.85. The van der Waals surface area contributed by atoms with Crippen LogP contribution in [-0.4, -0.2) is 17.6 Å². The first-order valence-electron chi connectivity index (χ1n) is 4.92. The lowest BCUT2D eigenvalue weighted by Gasteiger charge is -2.05. The van der Waals surface area contributed by atoms with Gasteiger partial charge >= 0.3 is 5.97 Å². The van der Waals surface area contributed by atoms with Gasteiger partial charge in [-0.25, -0.2) is 9.83 Å². The molecule has 0 aliphatic rings. The predicted molar refractivity (Wildman–Crippen MR) is 62.6 cm³/mol. The monoisotopic (exact) mass is 236 g/mol. The van der Waals surface area contributed by atoms with Gasteiger partial charge in [-0.15, -0.1) is 11.3 Å². The highest BCUT2D eigenvalue weighted by molar-refractivity contribution is 7.10. The van der Waals surface area contributed by atoms with Gasteiger partial charge in [0.05, 0.1) is 13.2 Å². The lowest BCUT2D eigenvalue weighted by Crippen LogP contribution is -2.07. The first kappa shape index (κ1) is 12.4. The predicted octanol–water partition coefficient (Wildman–Crippen LogP) is 2.75. The second-order valence-corrected chi connectivity index (χ2v) is 3.74. The molecule has 0 amide bonds. The minimum Gasteiger partial charge on any atom is -0.471 e. The van der Waals surface area contributed by atoms with Crippen LogP contribution < -0.4 is 0 Å². The third-order valence-corrected chi connectivity index (χ3v) is 2.74. The molecule has 0 fully saturated rings. The van der Waals surface area contributed by atoms with Crippen molar-refractivity contribution >= 4 is 22.9 Å². The molecular weight excluding hydrogens is 224 g/mol. The summed E-state index contributed by atoms with van der Waals surface area (Å²) < 4.78 is 4.84. The SMILES string of the molecule is [C-]#[N+]C(C(=O)OCC)=C(CC)c1nccs1. The Labute approximate surface area is 98.4 Å². The Balaban J connectivity index is 3.15. The molecule has 0 N–H and O–H groups in total. The molecule has 5 heteroatoms. The van der Waals surface area contributed by atoms with E-state index in [1.54, 1.807) is 13.1 Å². The number of carbonyl (C=O) groups excluding carboxylic acids is 1. The van der Waals surface area contributed by atoms with Crippen molar-refractivity contribution in [3.63, 3.8) is 0 Å². The Morgan fingerprint density at radius 1 is 1.62 bits per heavy atom. The number of hydrogen-bond acceptors (Lipinski definition) is 4. The van der Waals surface area contributed by atoms with Crippen molar-refractivity contribution in [2.45, 2.75) is 20.3 Å². The van der Waals surface area contributed by atoms with Crippen LogP contribution in [0.3, 0.4) is 0 Å². The molecule has 0 aromatic carbocycles. The minimum absolute atomic E-state index is 0.0410. The van der Waals surface area contributed by atoms with E-state index in [1.807, 2.05) is 12.3 Å². The van der Waals surface area contributed by atoms with Crippen LogP contribution in [0, 0.1) is 6.57 Å². The summed E-state index contributed by atoms with van der Waals surface area (Å²) >= 11 is 1.41. The number of rotatable bonds is 4. The summed E-state index contributed by atoms with van der Waals surface area (Å²) in [5, 5.41) is 2.53. The van der Waals surface area contributed by atoms with E-state index in [4.69, 9.17) is 11.3 Å². The molecule has 1 rings (SSSR count). The summed E-state index contributed by atoms with van der Waals surface area (Å²) in [6, 6.07) is 0. The van der Waals surface area contributed by atoms with Crippen molar-refractivity contribution < 1.29 is 9.53 Å². The minimum atomic E-state index is -0.565. The molecule has 0 atom stereocenters. The van der Waals surface area contributed by atoms with Crippen molar-refractivity contribution in [1.29, 1.82) is 0 Å². The molecule has 0 aliphatic carbocycles. The molecule has 16 heavy (non-hydrogen) atoms. The number of esters is 1. The number of hydrogen-bond donors (Lipinski definition) is 0. The number of carbonyl (C=O) groups is 1. The Bertz CT molecular complexity index is 429. The first-order valence-corrected chi connectivity index (χ1v) is 5.80. The zero-order valence-electron chi connectivity index (χ0n) is 9.19. The number of ether oxygens (including phenoxy) is 1. The average molecular weight is 236 g/mol. The highest BCUT2D eigenvalue weighted by atomic mass is 32.1. The maximum absolute atomic E-state index is 11.6. The second kappa shape index (κ2) is 6.03. The van der Waals surface area contributed by atoms with Crippen molar-refractivity contribution in [3.8, 4) is 0 Å². The van der Waals surface area contributed by atoms with Gasteiger partial charge in [0.25, 0.3) is 5.70 Å². The van der Waals surface area contributed by atoms with Crippen LogP contribution in [0.5, 0.6) is 0 Å². The normalized spacial score (nSPS) is 11.6. The van der Waals surface area contributed by atoms with Crippen LogP contribution >= 0.6 is 11.3 Å². The fourth-order valence-corrected chi connectivity index (χ4v) is 1.98. The number of aromatic nitrogens is 1. The summed E-state index contributed by atoms with van der Waals surface area (Å²) in [7, 11) is 0. The smallest absolute Gasteiger partial charge is 0.336 e. The lowest BCUT2D eigenvalue weighted by molar-refractivity contribution is -0.138. The maximum atomic E-state index is 11.6. The van der Waals surface area contributed by atoms with E-state index in [1.165, 1.54) is 11.3 Å². The molecule has 0 aliphatic heterocycles. The largest absolute Gasteiger partial charge is 0.471 e. The van der Waals surface area contributed by atoms with Gasteiger partial charge in [-0.3, -0.25) is 4.79 Å². The number of thiazole rings is 1. The lowest BCUT2D eigenvalue weighted by atomic mass is 10.1. The highest BCUT2D eigenvalue weighted by Crippen LogP contribution is 2.25. The molecule has 0 unspecified atom stereocenters. The van der Waals surface area contributed by atoms with Crippen molar-refractivity contribution in [2.75, 3.05) is 6.61 Å². The van der Waals surface area contributed by atoms with E-state index in [9.17, 15) is 4.79 Å². The summed E-state index contributed by atoms with van der Waals surface area (Å²) in [5.74, 6) is -0.565. The molecule has 1 heterocycles.